The van der Waals surface area contributed by atoms with Crippen LogP contribution in [0.5, 0.6) is 0 Å². The fourth-order valence-corrected chi connectivity index (χ4v) is 1.29. The summed E-state index contributed by atoms with van der Waals surface area (Å²) in [4.78, 5) is 0. The molecule has 0 amide bonds. The third kappa shape index (κ3) is 2.35. The number of nitrogens with zero attached hydrogens (tertiary/aromatic N) is 1. The summed E-state index contributed by atoms with van der Waals surface area (Å²) < 4.78 is 37.0. The average Bonchev–Trinajstić information content (AvgIpc) is 2.04. The maximum Gasteiger partial charge on any atom is 0.395 e. The maximum absolute atomic E-state index is 12.3. The second-order valence-electron chi connectivity index (χ2n) is 2.83. The maximum atomic E-state index is 12.3. The summed E-state index contributed by atoms with van der Waals surface area (Å²) in [6.45, 7) is 0. The Bertz CT molecular complexity index is 280. The first-order chi connectivity index (χ1) is 6.05. The second-order valence-corrected chi connectivity index (χ2v) is 2.83. The highest BCUT2D eigenvalue weighted by Crippen LogP contribution is 2.37. The molecule has 1 unspecified atom stereocenters. The Labute approximate surface area is 74.2 Å². The molecule has 4 heteroatoms. The summed E-state index contributed by atoms with van der Waals surface area (Å²) in [6.07, 6.45) is -0.00219. The Hall–Kier alpha value is -1.24. The molecule has 0 saturated heterocycles. The van der Waals surface area contributed by atoms with E-state index < -0.39 is 12.1 Å². The molecule has 70 valence electrons. The minimum absolute atomic E-state index is 0.0446. The Morgan fingerprint density at radius 1 is 1.54 bits per heavy atom. The number of allylic oxidation sites excluding steroid dienone is 4. The molecule has 1 aliphatic carbocycles. The van der Waals surface area contributed by atoms with Gasteiger partial charge in [-0.15, -0.1) is 0 Å². The summed E-state index contributed by atoms with van der Waals surface area (Å²) in [6, 6.07) is 1.74. The molecule has 0 saturated carbocycles. The van der Waals surface area contributed by atoms with Crippen LogP contribution in [0, 0.1) is 17.2 Å². The number of hydrogen-bond acceptors (Lipinski definition) is 1. The average molecular weight is 187 g/mol. The van der Waals surface area contributed by atoms with Crippen molar-refractivity contribution in [1.82, 2.24) is 0 Å². The fourth-order valence-electron chi connectivity index (χ4n) is 1.29. The van der Waals surface area contributed by atoms with E-state index >= 15 is 0 Å². The Morgan fingerprint density at radius 2 is 2.23 bits per heavy atom. The van der Waals surface area contributed by atoms with Crippen molar-refractivity contribution in [3.05, 3.63) is 23.8 Å². The zero-order valence-electron chi connectivity index (χ0n) is 6.80. The Kier molecular flexibility index (Phi) is 2.76. The standard InChI is InChI=1S/C9H8F3N/c10-9(11,12)8-4-2-1-3-7(8)5-6-13/h1-3,8H,4-5H2. The van der Waals surface area contributed by atoms with Gasteiger partial charge in [0.25, 0.3) is 0 Å². The highest BCUT2D eigenvalue weighted by molar-refractivity contribution is 5.24. The van der Waals surface area contributed by atoms with Crippen LogP contribution in [0.1, 0.15) is 12.8 Å². The molecule has 1 atom stereocenters. The van der Waals surface area contributed by atoms with Gasteiger partial charge >= 0.3 is 6.18 Å². The molecule has 0 bridgehead atoms. The summed E-state index contributed by atoms with van der Waals surface area (Å²) in [5.41, 5.74) is 0.164. The van der Waals surface area contributed by atoms with Gasteiger partial charge in [-0.2, -0.15) is 18.4 Å². The van der Waals surface area contributed by atoms with Gasteiger partial charge < -0.3 is 0 Å². The fraction of sp³-hybridized carbons (Fsp3) is 0.444. The van der Waals surface area contributed by atoms with Gasteiger partial charge in [-0.3, -0.25) is 0 Å². The third-order valence-corrected chi connectivity index (χ3v) is 1.94. The second kappa shape index (κ2) is 3.65. The lowest BCUT2D eigenvalue weighted by molar-refractivity contribution is -0.163. The first kappa shape index (κ1) is 9.85. The Balaban J connectivity index is 2.82. The summed E-state index contributed by atoms with van der Waals surface area (Å²) in [5.74, 6) is -1.46. The number of halogens is 3. The SMILES string of the molecule is N#CCC1=CC=CCC1C(F)(F)F. The van der Waals surface area contributed by atoms with Crippen LogP contribution in [-0.2, 0) is 0 Å². The molecular weight excluding hydrogens is 179 g/mol. The smallest absolute Gasteiger partial charge is 0.198 e. The molecule has 0 heterocycles. The third-order valence-electron chi connectivity index (χ3n) is 1.94. The molecular formula is C9H8F3N. The van der Waals surface area contributed by atoms with E-state index in [0.717, 1.165) is 0 Å². The van der Waals surface area contributed by atoms with Gasteiger partial charge in [0.2, 0.25) is 0 Å². The predicted octanol–water partition coefficient (Wildman–Crippen LogP) is 2.96. The van der Waals surface area contributed by atoms with Crippen LogP contribution in [-0.4, -0.2) is 6.18 Å². The topological polar surface area (TPSA) is 23.8 Å². The molecule has 0 spiro atoms. The van der Waals surface area contributed by atoms with E-state index in [-0.39, 0.29) is 18.4 Å². The van der Waals surface area contributed by atoms with Gasteiger partial charge in [0.1, 0.15) is 0 Å². The van der Waals surface area contributed by atoms with Gasteiger partial charge in [0, 0.05) is 0 Å². The summed E-state index contributed by atoms with van der Waals surface area (Å²) >= 11 is 0. The lowest BCUT2D eigenvalue weighted by Gasteiger charge is -2.22. The van der Waals surface area contributed by atoms with Crippen molar-refractivity contribution in [2.75, 3.05) is 0 Å². The zero-order chi connectivity index (χ0) is 9.90. The van der Waals surface area contributed by atoms with Gasteiger partial charge in [0.15, 0.2) is 0 Å². The molecule has 1 aliphatic rings. The number of hydrogen-bond donors (Lipinski definition) is 0. The minimum atomic E-state index is -4.23. The van der Waals surface area contributed by atoms with E-state index in [1.165, 1.54) is 12.2 Å². The van der Waals surface area contributed by atoms with Crippen molar-refractivity contribution in [2.45, 2.75) is 19.0 Å². The highest BCUT2D eigenvalue weighted by atomic mass is 19.4. The van der Waals surface area contributed by atoms with Crippen molar-refractivity contribution >= 4 is 0 Å². The van der Waals surface area contributed by atoms with Crippen LogP contribution in [0.3, 0.4) is 0 Å². The largest absolute Gasteiger partial charge is 0.395 e. The molecule has 1 rings (SSSR count). The number of alkyl halides is 3. The predicted molar refractivity (Wildman–Crippen MR) is 41.6 cm³/mol. The molecule has 0 aromatic rings. The molecule has 0 aromatic heterocycles. The van der Waals surface area contributed by atoms with Crippen LogP contribution in [0.25, 0.3) is 0 Å². The molecule has 0 aromatic carbocycles. The van der Waals surface area contributed by atoms with E-state index in [1.54, 1.807) is 12.1 Å². The highest BCUT2D eigenvalue weighted by Gasteiger charge is 2.41. The lowest BCUT2D eigenvalue weighted by Crippen LogP contribution is -2.25. The molecule has 1 nitrogen and oxygen atoms in total. The zero-order valence-corrected chi connectivity index (χ0v) is 6.80. The molecule has 0 fully saturated rings. The Morgan fingerprint density at radius 3 is 2.77 bits per heavy atom. The first-order valence-corrected chi connectivity index (χ1v) is 3.85. The summed E-state index contributed by atoms with van der Waals surface area (Å²) in [7, 11) is 0. The minimum Gasteiger partial charge on any atom is -0.198 e. The molecule has 0 N–H and O–H groups in total. The first-order valence-electron chi connectivity index (χ1n) is 3.85. The van der Waals surface area contributed by atoms with E-state index in [1.807, 2.05) is 0 Å². The van der Waals surface area contributed by atoms with Crippen LogP contribution in [0.4, 0.5) is 13.2 Å². The molecule has 0 aliphatic heterocycles. The normalized spacial score (nSPS) is 22.3. The van der Waals surface area contributed by atoms with Gasteiger partial charge in [-0.1, -0.05) is 18.2 Å². The molecule has 13 heavy (non-hydrogen) atoms. The van der Waals surface area contributed by atoms with Gasteiger partial charge in [-0.05, 0) is 12.0 Å². The van der Waals surface area contributed by atoms with Crippen molar-refractivity contribution in [1.29, 1.82) is 5.26 Å². The molecule has 0 radical (unpaired) electrons. The van der Waals surface area contributed by atoms with Crippen LogP contribution < -0.4 is 0 Å². The number of nitriles is 1. The number of rotatable bonds is 1. The van der Waals surface area contributed by atoms with E-state index in [9.17, 15) is 13.2 Å². The van der Waals surface area contributed by atoms with Crippen molar-refractivity contribution in [2.24, 2.45) is 5.92 Å². The van der Waals surface area contributed by atoms with Gasteiger partial charge in [-0.25, -0.2) is 0 Å². The lowest BCUT2D eigenvalue weighted by atomic mass is 9.89. The van der Waals surface area contributed by atoms with Crippen molar-refractivity contribution < 1.29 is 13.2 Å². The van der Waals surface area contributed by atoms with E-state index in [0.29, 0.717) is 0 Å². The van der Waals surface area contributed by atoms with E-state index in [2.05, 4.69) is 0 Å². The van der Waals surface area contributed by atoms with E-state index in [4.69, 9.17) is 5.26 Å². The summed E-state index contributed by atoms with van der Waals surface area (Å²) in [5, 5.41) is 8.32. The quantitative estimate of drug-likeness (QED) is 0.619. The van der Waals surface area contributed by atoms with Crippen LogP contribution >= 0.6 is 0 Å². The van der Waals surface area contributed by atoms with Crippen LogP contribution in [0.2, 0.25) is 0 Å². The van der Waals surface area contributed by atoms with Crippen LogP contribution in [0.15, 0.2) is 23.8 Å². The van der Waals surface area contributed by atoms with Crippen molar-refractivity contribution in [3.8, 4) is 6.07 Å². The monoisotopic (exact) mass is 187 g/mol. The van der Waals surface area contributed by atoms with Crippen molar-refractivity contribution in [3.63, 3.8) is 0 Å². The van der Waals surface area contributed by atoms with Gasteiger partial charge in [0.05, 0.1) is 18.4 Å².